The van der Waals surface area contributed by atoms with Crippen LogP contribution in [0.4, 0.5) is 32.8 Å². The van der Waals surface area contributed by atoms with Gasteiger partial charge in [0, 0.05) is 33.3 Å². The van der Waals surface area contributed by atoms with E-state index in [-0.39, 0.29) is 0 Å². The summed E-state index contributed by atoms with van der Waals surface area (Å²) in [6.45, 7) is 0. The molecule has 0 spiro atoms. The molecule has 1 heterocycles. The van der Waals surface area contributed by atoms with Gasteiger partial charge in [-0.2, -0.15) is 0 Å². The van der Waals surface area contributed by atoms with Gasteiger partial charge in [-0.05, 0) is 58.3 Å². The second kappa shape index (κ2) is 13.5. The molecule has 9 rings (SSSR count). The minimum absolute atomic E-state index is 1.11. The quantitative estimate of drug-likeness (QED) is 0.159. The average molecular weight is 671 g/mol. The van der Waals surface area contributed by atoms with Crippen molar-refractivity contribution in [2.45, 2.75) is 0 Å². The Balaban J connectivity index is 1.44. The summed E-state index contributed by atoms with van der Waals surface area (Å²) in [6.07, 6.45) is 0. The first kappa shape index (κ1) is 30.6. The van der Waals surface area contributed by atoms with E-state index in [9.17, 15) is 0 Å². The van der Waals surface area contributed by atoms with Crippen LogP contribution in [0.15, 0.2) is 206 Å². The Labute approximate surface area is 302 Å². The molecule has 9 aromatic rings. The molecular weight excluding hydrogens is 637 g/mol. The highest BCUT2D eigenvalue weighted by Crippen LogP contribution is 2.58. The lowest BCUT2D eigenvalue weighted by molar-refractivity contribution is 1.33. The molecular formula is C48H34N2S. The van der Waals surface area contributed by atoms with Crippen LogP contribution in [0.5, 0.6) is 0 Å². The van der Waals surface area contributed by atoms with Crippen LogP contribution in [0.3, 0.4) is 0 Å². The molecule has 2 nitrogen and oxygen atoms in total. The third-order valence-corrected chi connectivity index (χ3v) is 10.6. The summed E-state index contributed by atoms with van der Waals surface area (Å²) in [7, 11) is 0. The van der Waals surface area contributed by atoms with Crippen LogP contribution in [0, 0.1) is 0 Å². The number of para-hydroxylation sites is 2. The minimum atomic E-state index is 1.11. The van der Waals surface area contributed by atoms with E-state index >= 15 is 0 Å². The fourth-order valence-electron chi connectivity index (χ4n) is 7.16. The highest BCUT2D eigenvalue weighted by atomic mass is 32.1. The van der Waals surface area contributed by atoms with Crippen LogP contribution in [-0.2, 0) is 0 Å². The summed E-state index contributed by atoms with van der Waals surface area (Å²) < 4.78 is 0. The zero-order valence-corrected chi connectivity index (χ0v) is 28.7. The van der Waals surface area contributed by atoms with Gasteiger partial charge in [-0.3, -0.25) is 0 Å². The first-order valence-electron chi connectivity index (χ1n) is 17.3. The predicted molar refractivity (Wildman–Crippen MR) is 220 cm³/mol. The molecule has 0 unspecified atom stereocenters. The average Bonchev–Trinajstić information content (AvgIpc) is 3.59. The van der Waals surface area contributed by atoms with Crippen LogP contribution in [0.2, 0.25) is 0 Å². The van der Waals surface area contributed by atoms with E-state index < -0.39 is 0 Å². The number of hydrogen-bond acceptors (Lipinski definition) is 3. The molecule has 0 N–H and O–H groups in total. The maximum Gasteiger partial charge on any atom is 0.111 e. The first-order chi connectivity index (χ1) is 25.3. The van der Waals surface area contributed by atoms with E-state index in [2.05, 4.69) is 216 Å². The normalized spacial score (nSPS) is 11.1. The van der Waals surface area contributed by atoms with E-state index in [0.29, 0.717) is 0 Å². The highest BCUT2D eigenvalue weighted by molar-refractivity contribution is 7.21. The molecule has 0 aliphatic rings. The lowest BCUT2D eigenvalue weighted by Gasteiger charge is -2.27. The summed E-state index contributed by atoms with van der Waals surface area (Å²) in [4.78, 5) is 4.94. The SMILES string of the molecule is c1ccc(-c2c(N(c3ccccc3)c3cccc4ccccc34)sc(N(c3ccccc3)c3cccc4ccccc34)c2-c2ccccc2)cc1. The van der Waals surface area contributed by atoms with Crippen LogP contribution >= 0.6 is 11.3 Å². The summed E-state index contributed by atoms with van der Waals surface area (Å²) >= 11 is 1.84. The third-order valence-electron chi connectivity index (χ3n) is 9.45. The smallest absolute Gasteiger partial charge is 0.111 e. The number of hydrogen-bond donors (Lipinski definition) is 0. The molecule has 0 saturated heterocycles. The largest absolute Gasteiger partial charge is 0.301 e. The molecule has 8 aromatic carbocycles. The van der Waals surface area contributed by atoms with Gasteiger partial charge < -0.3 is 9.80 Å². The molecule has 1 aromatic heterocycles. The standard InChI is InChI=1S/C48H34N2S/c1-5-21-37(22-6-1)45-46(38-23-7-2-8-24-38)48(50(40-29-11-4-12-30-40)44-34-18-26-36-20-14-16-32-42(36)44)51-47(45)49(39-27-9-3-10-28-39)43-33-17-25-35-19-13-15-31-41(35)43/h1-34H. The molecule has 0 saturated carbocycles. The summed E-state index contributed by atoms with van der Waals surface area (Å²) in [5.74, 6) is 0. The monoisotopic (exact) mass is 670 g/mol. The van der Waals surface area contributed by atoms with Gasteiger partial charge in [0.1, 0.15) is 10.0 Å². The van der Waals surface area contributed by atoms with Crippen molar-refractivity contribution >= 4 is 65.6 Å². The highest BCUT2D eigenvalue weighted by Gasteiger charge is 2.31. The molecule has 242 valence electrons. The molecule has 51 heavy (non-hydrogen) atoms. The van der Waals surface area contributed by atoms with Crippen molar-refractivity contribution in [1.82, 2.24) is 0 Å². The van der Waals surface area contributed by atoms with Gasteiger partial charge in [0.15, 0.2) is 0 Å². The molecule has 0 aliphatic heterocycles. The van der Waals surface area contributed by atoms with Crippen LogP contribution < -0.4 is 9.80 Å². The molecule has 0 bridgehead atoms. The van der Waals surface area contributed by atoms with Crippen LogP contribution in [0.1, 0.15) is 0 Å². The van der Waals surface area contributed by atoms with Crippen molar-refractivity contribution in [2.75, 3.05) is 9.80 Å². The third kappa shape index (κ3) is 5.64. The number of benzene rings is 8. The van der Waals surface area contributed by atoms with Crippen LogP contribution in [-0.4, -0.2) is 0 Å². The predicted octanol–water partition coefficient (Wildman–Crippen LogP) is 14.3. The Kier molecular flexibility index (Phi) is 8.09. The Morgan fingerprint density at radius 3 is 1.04 bits per heavy atom. The molecule has 3 heteroatoms. The molecule has 0 aliphatic carbocycles. The van der Waals surface area contributed by atoms with Gasteiger partial charge in [-0.25, -0.2) is 0 Å². The Morgan fingerprint density at radius 1 is 0.294 bits per heavy atom. The zero-order chi connectivity index (χ0) is 34.0. The minimum Gasteiger partial charge on any atom is -0.301 e. The molecule has 0 fully saturated rings. The Morgan fingerprint density at radius 2 is 0.627 bits per heavy atom. The lowest BCUT2D eigenvalue weighted by atomic mass is 9.96. The first-order valence-corrected chi connectivity index (χ1v) is 18.1. The van der Waals surface area contributed by atoms with E-state index in [1.807, 2.05) is 11.3 Å². The summed E-state index contributed by atoms with van der Waals surface area (Å²) in [5, 5.41) is 7.12. The van der Waals surface area contributed by atoms with Crippen molar-refractivity contribution in [3.05, 3.63) is 206 Å². The van der Waals surface area contributed by atoms with Crippen molar-refractivity contribution < 1.29 is 0 Å². The van der Waals surface area contributed by atoms with Gasteiger partial charge in [-0.15, -0.1) is 0 Å². The molecule has 0 amide bonds. The van der Waals surface area contributed by atoms with Gasteiger partial charge in [0.2, 0.25) is 0 Å². The lowest BCUT2D eigenvalue weighted by Crippen LogP contribution is -2.10. The second-order valence-electron chi connectivity index (χ2n) is 12.5. The Hall–Kier alpha value is -6.42. The van der Waals surface area contributed by atoms with Gasteiger partial charge >= 0.3 is 0 Å². The maximum absolute atomic E-state index is 2.47. The van der Waals surface area contributed by atoms with E-state index in [0.717, 1.165) is 32.8 Å². The number of rotatable bonds is 8. The van der Waals surface area contributed by atoms with Gasteiger partial charge in [0.25, 0.3) is 0 Å². The second-order valence-corrected chi connectivity index (χ2v) is 13.5. The Bertz CT molecular complexity index is 2390. The molecule has 0 atom stereocenters. The maximum atomic E-state index is 2.47. The summed E-state index contributed by atoms with van der Waals surface area (Å²) in [6, 6.07) is 74.1. The fourth-order valence-corrected chi connectivity index (χ4v) is 8.58. The van der Waals surface area contributed by atoms with Crippen molar-refractivity contribution in [1.29, 1.82) is 0 Å². The van der Waals surface area contributed by atoms with Gasteiger partial charge in [-0.1, -0.05) is 181 Å². The zero-order valence-electron chi connectivity index (χ0n) is 27.9. The topological polar surface area (TPSA) is 6.48 Å². The fraction of sp³-hybridized carbons (Fsp3) is 0. The number of fused-ring (bicyclic) bond motifs is 2. The van der Waals surface area contributed by atoms with E-state index in [1.54, 1.807) is 0 Å². The van der Waals surface area contributed by atoms with E-state index in [4.69, 9.17) is 0 Å². The molecule has 0 radical (unpaired) electrons. The number of thiophene rings is 1. The number of nitrogens with zero attached hydrogens (tertiary/aromatic N) is 2. The van der Waals surface area contributed by atoms with E-state index in [1.165, 1.54) is 43.8 Å². The number of anilines is 6. The summed E-state index contributed by atoms with van der Waals surface area (Å²) in [5.41, 5.74) is 9.21. The van der Waals surface area contributed by atoms with Crippen LogP contribution in [0.25, 0.3) is 43.8 Å². The van der Waals surface area contributed by atoms with Crippen molar-refractivity contribution in [3.63, 3.8) is 0 Å². The van der Waals surface area contributed by atoms with Gasteiger partial charge in [0.05, 0.1) is 11.4 Å². The van der Waals surface area contributed by atoms with Crippen molar-refractivity contribution in [3.8, 4) is 22.3 Å². The van der Waals surface area contributed by atoms with Crippen molar-refractivity contribution in [2.24, 2.45) is 0 Å².